The molecule has 188 valence electrons. The van der Waals surface area contributed by atoms with Gasteiger partial charge in [-0.15, -0.1) is 0 Å². The standard InChI is InChI=1S/C24H25F3N8O/c1-3-17-19(34-12-13(2)20(28)32-23(34)30-17)22(36)29-11-14-4-6-15(7-5-14)21-31-18-10-16(24(25,26)27)8-9-35(18)33-21/h4-7,12,16H,3,8-11H2,1-2H3,(H,29,36)(H2,28,30,32). The number of halogens is 3. The first-order chi connectivity index (χ1) is 17.1. The highest BCUT2D eigenvalue weighted by Gasteiger charge is 2.42. The quantitative estimate of drug-likeness (QED) is 0.435. The number of hydrogen-bond donors (Lipinski definition) is 2. The Balaban J connectivity index is 1.29. The summed E-state index contributed by atoms with van der Waals surface area (Å²) in [5.74, 6) is -0.176. The summed E-state index contributed by atoms with van der Waals surface area (Å²) < 4.78 is 42.4. The fourth-order valence-corrected chi connectivity index (χ4v) is 4.35. The van der Waals surface area contributed by atoms with E-state index < -0.39 is 12.1 Å². The number of carbonyl (C=O) groups excluding carboxylic acids is 1. The number of nitrogens with one attached hydrogen (secondary N) is 1. The Bertz CT molecular complexity index is 1440. The maximum absolute atomic E-state index is 13.1. The monoisotopic (exact) mass is 498 g/mol. The van der Waals surface area contributed by atoms with E-state index in [4.69, 9.17) is 5.73 Å². The van der Waals surface area contributed by atoms with Gasteiger partial charge in [0.25, 0.3) is 5.91 Å². The van der Waals surface area contributed by atoms with Crippen molar-refractivity contribution in [3.63, 3.8) is 0 Å². The molecule has 36 heavy (non-hydrogen) atoms. The van der Waals surface area contributed by atoms with E-state index in [0.29, 0.717) is 46.6 Å². The number of alkyl halides is 3. The van der Waals surface area contributed by atoms with Crippen molar-refractivity contribution < 1.29 is 18.0 Å². The molecule has 12 heteroatoms. The number of nitrogens with two attached hydrogens (primary N) is 1. The Kier molecular flexibility index (Phi) is 5.89. The molecule has 1 unspecified atom stereocenters. The van der Waals surface area contributed by atoms with Crippen molar-refractivity contribution in [2.45, 2.75) is 52.4 Å². The average molecular weight is 499 g/mol. The molecule has 5 rings (SSSR count). The molecule has 1 aromatic carbocycles. The lowest BCUT2D eigenvalue weighted by atomic mass is 9.98. The number of aryl methyl sites for hydroxylation is 3. The zero-order valence-electron chi connectivity index (χ0n) is 19.8. The summed E-state index contributed by atoms with van der Waals surface area (Å²) in [5.41, 5.74) is 9.22. The van der Waals surface area contributed by atoms with E-state index in [0.717, 1.165) is 11.1 Å². The Hall–Kier alpha value is -3.96. The van der Waals surface area contributed by atoms with Gasteiger partial charge in [0.05, 0.1) is 11.6 Å². The second kappa shape index (κ2) is 8.92. The summed E-state index contributed by atoms with van der Waals surface area (Å²) in [4.78, 5) is 26.1. The molecule has 0 spiro atoms. The average Bonchev–Trinajstić information content (AvgIpc) is 3.43. The number of amides is 1. The van der Waals surface area contributed by atoms with Crippen LogP contribution in [0.2, 0.25) is 0 Å². The van der Waals surface area contributed by atoms with Crippen LogP contribution in [0.15, 0.2) is 30.5 Å². The number of carbonyl (C=O) groups is 1. The van der Waals surface area contributed by atoms with E-state index in [1.54, 1.807) is 27.4 Å². The third kappa shape index (κ3) is 4.38. The van der Waals surface area contributed by atoms with E-state index in [2.05, 4.69) is 25.4 Å². The van der Waals surface area contributed by atoms with Crippen LogP contribution < -0.4 is 11.1 Å². The predicted octanol–water partition coefficient (Wildman–Crippen LogP) is 3.50. The fourth-order valence-electron chi connectivity index (χ4n) is 4.35. The van der Waals surface area contributed by atoms with Gasteiger partial charge < -0.3 is 11.1 Å². The molecule has 3 aromatic heterocycles. The van der Waals surface area contributed by atoms with Crippen LogP contribution in [-0.4, -0.2) is 41.2 Å². The van der Waals surface area contributed by atoms with Gasteiger partial charge in [-0.25, -0.2) is 14.6 Å². The van der Waals surface area contributed by atoms with Crippen LogP contribution in [0.4, 0.5) is 19.0 Å². The highest BCUT2D eigenvalue weighted by atomic mass is 19.4. The predicted molar refractivity (Wildman–Crippen MR) is 126 cm³/mol. The van der Waals surface area contributed by atoms with Crippen molar-refractivity contribution in [3.05, 3.63) is 58.8 Å². The van der Waals surface area contributed by atoms with Crippen molar-refractivity contribution in [2.75, 3.05) is 5.73 Å². The fraction of sp³-hybridized carbons (Fsp3) is 0.375. The van der Waals surface area contributed by atoms with Gasteiger partial charge >= 0.3 is 6.18 Å². The Labute approximate surface area is 204 Å². The zero-order valence-corrected chi connectivity index (χ0v) is 19.8. The molecule has 4 aromatic rings. The number of imidazole rings is 1. The molecule has 9 nitrogen and oxygen atoms in total. The minimum Gasteiger partial charge on any atom is -0.383 e. The normalized spacial score (nSPS) is 15.8. The third-order valence-electron chi connectivity index (χ3n) is 6.46. The van der Waals surface area contributed by atoms with Gasteiger partial charge in [-0.05, 0) is 25.3 Å². The molecule has 3 N–H and O–H groups in total. The van der Waals surface area contributed by atoms with Crippen LogP contribution in [0, 0.1) is 12.8 Å². The lowest BCUT2D eigenvalue weighted by Crippen LogP contribution is -2.31. The van der Waals surface area contributed by atoms with Crippen molar-refractivity contribution in [1.29, 1.82) is 0 Å². The Morgan fingerprint density at radius 3 is 2.64 bits per heavy atom. The lowest BCUT2D eigenvalue weighted by Gasteiger charge is -2.24. The van der Waals surface area contributed by atoms with Gasteiger partial charge in [0.1, 0.15) is 17.3 Å². The molecule has 0 fully saturated rings. The highest BCUT2D eigenvalue weighted by molar-refractivity contribution is 5.94. The SMILES string of the molecule is CCc1nc2nc(N)c(C)cn2c1C(=O)NCc1ccc(-c2nc3n(n2)CCC(C(F)(F)F)C3)cc1. The van der Waals surface area contributed by atoms with E-state index in [9.17, 15) is 18.0 Å². The maximum atomic E-state index is 13.1. The number of fused-ring (bicyclic) bond motifs is 2. The van der Waals surface area contributed by atoms with Gasteiger partial charge in [-0.3, -0.25) is 9.20 Å². The molecular formula is C24H25F3N8O. The van der Waals surface area contributed by atoms with Crippen LogP contribution in [0.5, 0.6) is 0 Å². The third-order valence-corrected chi connectivity index (χ3v) is 6.46. The molecule has 4 heterocycles. The van der Waals surface area contributed by atoms with E-state index in [-0.39, 0.29) is 31.8 Å². The Morgan fingerprint density at radius 2 is 1.94 bits per heavy atom. The molecule has 1 aliphatic rings. The Morgan fingerprint density at radius 1 is 1.19 bits per heavy atom. The molecule has 0 saturated heterocycles. The van der Waals surface area contributed by atoms with Gasteiger partial charge in [-0.1, -0.05) is 31.2 Å². The maximum Gasteiger partial charge on any atom is 0.392 e. The minimum atomic E-state index is -4.23. The van der Waals surface area contributed by atoms with E-state index >= 15 is 0 Å². The number of benzene rings is 1. The van der Waals surface area contributed by atoms with Gasteiger partial charge in [-0.2, -0.15) is 23.3 Å². The minimum absolute atomic E-state index is 0.00712. The van der Waals surface area contributed by atoms with Crippen molar-refractivity contribution in [3.8, 4) is 11.4 Å². The molecule has 0 radical (unpaired) electrons. The second-order valence-electron chi connectivity index (χ2n) is 8.93. The summed E-state index contributed by atoms with van der Waals surface area (Å²) in [6.45, 7) is 4.20. The van der Waals surface area contributed by atoms with Crippen molar-refractivity contribution >= 4 is 17.5 Å². The van der Waals surface area contributed by atoms with Gasteiger partial charge in [0.2, 0.25) is 5.78 Å². The smallest absolute Gasteiger partial charge is 0.383 e. The first-order valence-corrected chi connectivity index (χ1v) is 11.7. The summed E-state index contributed by atoms with van der Waals surface area (Å²) in [5, 5.41) is 7.30. The number of aromatic nitrogens is 6. The van der Waals surface area contributed by atoms with Crippen LogP contribution in [0.1, 0.15) is 46.5 Å². The largest absolute Gasteiger partial charge is 0.392 e. The van der Waals surface area contributed by atoms with Gasteiger partial charge in [0, 0.05) is 36.8 Å². The lowest BCUT2D eigenvalue weighted by molar-refractivity contribution is -0.179. The van der Waals surface area contributed by atoms with Crippen LogP contribution >= 0.6 is 0 Å². The van der Waals surface area contributed by atoms with E-state index in [1.807, 2.05) is 26.0 Å². The van der Waals surface area contributed by atoms with Gasteiger partial charge in [0.15, 0.2) is 5.82 Å². The summed E-state index contributed by atoms with van der Waals surface area (Å²) >= 11 is 0. The molecular weight excluding hydrogens is 473 g/mol. The van der Waals surface area contributed by atoms with E-state index in [1.165, 1.54) is 0 Å². The molecule has 1 atom stereocenters. The van der Waals surface area contributed by atoms with Crippen LogP contribution in [-0.2, 0) is 25.9 Å². The van der Waals surface area contributed by atoms with Crippen LogP contribution in [0.25, 0.3) is 17.2 Å². The van der Waals surface area contributed by atoms with Crippen LogP contribution in [0.3, 0.4) is 0 Å². The first-order valence-electron chi connectivity index (χ1n) is 11.7. The van der Waals surface area contributed by atoms with Crippen molar-refractivity contribution in [2.24, 2.45) is 5.92 Å². The molecule has 0 saturated carbocycles. The first kappa shape index (κ1) is 23.8. The topological polar surface area (TPSA) is 116 Å². The van der Waals surface area contributed by atoms with Crippen molar-refractivity contribution in [1.82, 2.24) is 34.4 Å². The summed E-state index contributed by atoms with van der Waals surface area (Å²) in [7, 11) is 0. The summed E-state index contributed by atoms with van der Waals surface area (Å²) in [6.07, 6.45) is -2.07. The highest BCUT2D eigenvalue weighted by Crippen LogP contribution is 2.34. The zero-order chi connectivity index (χ0) is 25.6. The molecule has 0 bridgehead atoms. The molecule has 1 amide bonds. The molecule has 1 aliphatic heterocycles. The number of rotatable bonds is 5. The molecule has 0 aliphatic carbocycles. The number of anilines is 1. The second-order valence-corrected chi connectivity index (χ2v) is 8.93. The summed E-state index contributed by atoms with van der Waals surface area (Å²) in [6, 6.07) is 7.25. The number of nitrogen functional groups attached to an aromatic ring is 1. The number of hydrogen-bond acceptors (Lipinski definition) is 6. The number of nitrogens with zero attached hydrogens (tertiary/aromatic N) is 6.